The van der Waals surface area contributed by atoms with Crippen LogP contribution >= 0.6 is 15.9 Å². The summed E-state index contributed by atoms with van der Waals surface area (Å²) in [6.07, 6.45) is 0.996. The van der Waals surface area contributed by atoms with Crippen LogP contribution in [0.1, 0.15) is 11.4 Å². The zero-order valence-corrected chi connectivity index (χ0v) is 12.6. The van der Waals surface area contributed by atoms with Gasteiger partial charge in [0.2, 0.25) is 0 Å². The third-order valence-electron chi connectivity index (χ3n) is 3.14. The van der Waals surface area contributed by atoms with E-state index in [-0.39, 0.29) is 0 Å². The van der Waals surface area contributed by atoms with Crippen molar-refractivity contribution in [2.24, 2.45) is 7.05 Å². The highest BCUT2D eigenvalue weighted by molar-refractivity contribution is 9.10. The Bertz CT molecular complexity index is 546. The maximum atomic E-state index is 4.70. The molecule has 2 aromatic rings. The van der Waals surface area contributed by atoms with E-state index < -0.39 is 0 Å². The lowest BCUT2D eigenvalue weighted by Crippen LogP contribution is -2.13. The summed E-state index contributed by atoms with van der Waals surface area (Å²) in [5.41, 5.74) is 3.53. The summed E-state index contributed by atoms with van der Waals surface area (Å²) >= 11 is 3.59. The van der Waals surface area contributed by atoms with Crippen LogP contribution in [-0.4, -0.2) is 23.1 Å². The summed E-state index contributed by atoms with van der Waals surface area (Å²) in [6.45, 7) is 3.04. The minimum atomic E-state index is 0.968. The van der Waals surface area contributed by atoms with Crippen molar-refractivity contribution in [2.75, 3.05) is 13.6 Å². The first-order valence-corrected chi connectivity index (χ1v) is 6.86. The molecule has 1 aromatic carbocycles. The molecule has 1 aromatic heterocycles. The van der Waals surface area contributed by atoms with E-state index in [9.17, 15) is 0 Å². The molecular formula is C14H18BrN3. The number of likely N-dealkylation sites (N-methyl/N-ethyl adjacent to an activating group) is 1. The van der Waals surface area contributed by atoms with Crippen molar-refractivity contribution < 1.29 is 0 Å². The van der Waals surface area contributed by atoms with Crippen molar-refractivity contribution in [2.45, 2.75) is 13.3 Å². The lowest BCUT2D eigenvalue weighted by atomic mass is 10.2. The number of hydrogen-bond acceptors (Lipinski definition) is 2. The molecule has 1 N–H and O–H groups in total. The molecule has 0 aliphatic carbocycles. The molecule has 0 spiro atoms. The first kappa shape index (κ1) is 13.3. The molecule has 0 unspecified atom stereocenters. The standard InChI is InChI=1S/C14H18BrN3/c1-10-13(8-9-16-2)18(3)14(17-10)11-6-4-5-7-12(11)15/h4-7,16H,8-9H2,1-3H3. The van der Waals surface area contributed by atoms with Crippen LogP contribution in [0, 0.1) is 6.92 Å². The lowest BCUT2D eigenvalue weighted by Gasteiger charge is -2.07. The zero-order valence-electron chi connectivity index (χ0n) is 11.0. The van der Waals surface area contributed by atoms with Gasteiger partial charge in [0.25, 0.3) is 0 Å². The van der Waals surface area contributed by atoms with Gasteiger partial charge < -0.3 is 9.88 Å². The first-order valence-electron chi connectivity index (χ1n) is 6.07. The quantitative estimate of drug-likeness (QED) is 0.941. The van der Waals surface area contributed by atoms with E-state index in [0.29, 0.717) is 0 Å². The van der Waals surface area contributed by atoms with Crippen LogP contribution in [0.25, 0.3) is 11.4 Å². The smallest absolute Gasteiger partial charge is 0.141 e. The third kappa shape index (κ3) is 2.49. The van der Waals surface area contributed by atoms with Crippen molar-refractivity contribution in [1.82, 2.24) is 14.9 Å². The van der Waals surface area contributed by atoms with Gasteiger partial charge in [0.05, 0.1) is 5.69 Å². The van der Waals surface area contributed by atoms with Crippen molar-refractivity contribution in [3.63, 3.8) is 0 Å². The second kappa shape index (κ2) is 5.67. The van der Waals surface area contributed by atoms with Gasteiger partial charge >= 0.3 is 0 Å². The zero-order chi connectivity index (χ0) is 13.1. The molecule has 0 saturated carbocycles. The van der Waals surface area contributed by atoms with Crippen LogP contribution < -0.4 is 5.32 Å². The largest absolute Gasteiger partial charge is 0.331 e. The van der Waals surface area contributed by atoms with Crippen molar-refractivity contribution in [3.8, 4) is 11.4 Å². The minimum absolute atomic E-state index is 0.968. The Kier molecular flexibility index (Phi) is 4.19. The number of aryl methyl sites for hydroxylation is 1. The van der Waals surface area contributed by atoms with Crippen LogP contribution in [0.3, 0.4) is 0 Å². The number of hydrogen-bond donors (Lipinski definition) is 1. The number of nitrogens with zero attached hydrogens (tertiary/aromatic N) is 2. The summed E-state index contributed by atoms with van der Waals surface area (Å²) in [5.74, 6) is 1.02. The van der Waals surface area contributed by atoms with E-state index in [1.54, 1.807) is 0 Å². The molecule has 0 saturated heterocycles. The van der Waals surface area contributed by atoms with E-state index in [4.69, 9.17) is 4.98 Å². The van der Waals surface area contributed by atoms with Gasteiger partial charge in [-0.15, -0.1) is 0 Å². The topological polar surface area (TPSA) is 29.9 Å². The number of rotatable bonds is 4. The second-order valence-electron chi connectivity index (χ2n) is 4.36. The lowest BCUT2D eigenvalue weighted by molar-refractivity contribution is 0.736. The first-order chi connectivity index (χ1) is 8.65. The number of aromatic nitrogens is 2. The highest BCUT2D eigenvalue weighted by Crippen LogP contribution is 2.28. The fourth-order valence-electron chi connectivity index (χ4n) is 2.14. The van der Waals surface area contributed by atoms with Crippen LogP contribution in [0.2, 0.25) is 0 Å². The fraction of sp³-hybridized carbons (Fsp3) is 0.357. The molecule has 2 rings (SSSR count). The van der Waals surface area contributed by atoms with Gasteiger partial charge in [0.15, 0.2) is 0 Å². The van der Waals surface area contributed by atoms with Crippen molar-refractivity contribution >= 4 is 15.9 Å². The molecule has 0 aliphatic heterocycles. The molecule has 0 fully saturated rings. The Morgan fingerprint density at radius 2 is 2.06 bits per heavy atom. The molecular weight excluding hydrogens is 290 g/mol. The SMILES string of the molecule is CNCCc1c(C)nc(-c2ccccc2Br)n1C. The molecule has 0 atom stereocenters. The van der Waals surface area contributed by atoms with Crippen molar-refractivity contribution in [3.05, 3.63) is 40.1 Å². The van der Waals surface area contributed by atoms with E-state index in [2.05, 4.69) is 45.9 Å². The summed E-state index contributed by atoms with van der Waals surface area (Å²) in [7, 11) is 4.06. The van der Waals surface area contributed by atoms with E-state index in [1.807, 2.05) is 25.2 Å². The monoisotopic (exact) mass is 307 g/mol. The normalized spacial score (nSPS) is 10.9. The van der Waals surface area contributed by atoms with E-state index in [1.165, 1.54) is 5.69 Å². The number of halogens is 1. The molecule has 3 nitrogen and oxygen atoms in total. The average Bonchev–Trinajstić information content (AvgIpc) is 2.63. The molecule has 0 radical (unpaired) electrons. The number of nitrogens with one attached hydrogen (secondary N) is 1. The van der Waals surface area contributed by atoms with Crippen molar-refractivity contribution in [1.29, 1.82) is 0 Å². The Morgan fingerprint density at radius 3 is 2.72 bits per heavy atom. The van der Waals surface area contributed by atoms with Gasteiger partial charge in [-0.05, 0) is 20.0 Å². The molecule has 0 amide bonds. The van der Waals surface area contributed by atoms with E-state index >= 15 is 0 Å². The predicted octanol–water partition coefficient (Wildman–Crippen LogP) is 2.92. The van der Waals surface area contributed by atoms with Crippen LogP contribution in [0.5, 0.6) is 0 Å². The number of imidazole rings is 1. The Hall–Kier alpha value is -1.13. The molecule has 4 heteroatoms. The summed E-state index contributed by atoms with van der Waals surface area (Å²) in [5, 5.41) is 3.18. The maximum absolute atomic E-state index is 4.70. The number of benzene rings is 1. The van der Waals surface area contributed by atoms with Crippen LogP contribution in [-0.2, 0) is 13.5 Å². The Balaban J connectivity index is 2.44. The highest BCUT2D eigenvalue weighted by atomic mass is 79.9. The average molecular weight is 308 g/mol. The Morgan fingerprint density at radius 1 is 1.33 bits per heavy atom. The summed E-state index contributed by atoms with van der Waals surface area (Å²) < 4.78 is 3.27. The molecule has 96 valence electrons. The third-order valence-corrected chi connectivity index (χ3v) is 3.83. The van der Waals surface area contributed by atoms with Crippen LogP contribution in [0.15, 0.2) is 28.7 Å². The summed E-state index contributed by atoms with van der Waals surface area (Å²) in [4.78, 5) is 4.70. The van der Waals surface area contributed by atoms with Gasteiger partial charge in [-0.3, -0.25) is 0 Å². The molecule has 18 heavy (non-hydrogen) atoms. The predicted molar refractivity (Wildman–Crippen MR) is 78.7 cm³/mol. The maximum Gasteiger partial charge on any atom is 0.141 e. The second-order valence-corrected chi connectivity index (χ2v) is 5.21. The molecule has 0 bridgehead atoms. The van der Waals surface area contributed by atoms with Gasteiger partial charge in [0.1, 0.15) is 5.82 Å². The van der Waals surface area contributed by atoms with Crippen LogP contribution in [0.4, 0.5) is 0 Å². The highest BCUT2D eigenvalue weighted by Gasteiger charge is 2.14. The van der Waals surface area contributed by atoms with Gasteiger partial charge in [-0.1, -0.05) is 34.1 Å². The van der Waals surface area contributed by atoms with Gasteiger partial charge in [0, 0.05) is 35.7 Å². The van der Waals surface area contributed by atoms with Gasteiger partial charge in [-0.2, -0.15) is 0 Å². The molecule has 1 heterocycles. The summed E-state index contributed by atoms with van der Waals surface area (Å²) in [6, 6.07) is 8.20. The molecule has 0 aliphatic rings. The fourth-order valence-corrected chi connectivity index (χ4v) is 2.61. The minimum Gasteiger partial charge on any atom is -0.331 e. The van der Waals surface area contributed by atoms with Gasteiger partial charge in [-0.25, -0.2) is 4.98 Å². The Labute approximate surface area is 116 Å². The van der Waals surface area contributed by atoms with E-state index in [0.717, 1.165) is 34.5 Å².